The highest BCUT2D eigenvalue weighted by Gasteiger charge is 2.45. The van der Waals surface area contributed by atoms with Crippen LogP contribution in [0.5, 0.6) is 0 Å². The number of anilines is 2. The molecule has 0 unspecified atom stereocenters. The molecule has 2 fully saturated rings. The van der Waals surface area contributed by atoms with Gasteiger partial charge >= 0.3 is 0 Å². The minimum Gasteiger partial charge on any atom is -0.394 e. The van der Waals surface area contributed by atoms with Crippen LogP contribution in [0.3, 0.4) is 0 Å². The van der Waals surface area contributed by atoms with Gasteiger partial charge in [0.05, 0.1) is 37.3 Å². The van der Waals surface area contributed by atoms with Gasteiger partial charge in [-0.05, 0) is 43.4 Å². The van der Waals surface area contributed by atoms with E-state index in [1.54, 1.807) is 12.5 Å². The number of aromatic amines is 1. The van der Waals surface area contributed by atoms with Crippen molar-refractivity contribution >= 4 is 22.9 Å². The lowest BCUT2D eigenvalue weighted by atomic mass is 9.97. The number of aromatic nitrogens is 6. The van der Waals surface area contributed by atoms with E-state index in [9.17, 15) is 15.3 Å². The van der Waals surface area contributed by atoms with Gasteiger partial charge in [-0.3, -0.25) is 5.10 Å². The van der Waals surface area contributed by atoms with E-state index >= 15 is 0 Å². The van der Waals surface area contributed by atoms with Crippen LogP contribution < -0.4 is 16.0 Å². The molecule has 4 heterocycles. The number of rotatable bonds is 10. The molecule has 3 aromatic heterocycles. The molecule has 0 spiro atoms. The van der Waals surface area contributed by atoms with Crippen LogP contribution in [0.2, 0.25) is 0 Å². The van der Waals surface area contributed by atoms with Gasteiger partial charge in [0, 0.05) is 24.2 Å². The molecule has 40 heavy (non-hydrogen) atoms. The Bertz CT molecular complexity index is 1420. The fourth-order valence-corrected chi connectivity index (χ4v) is 6.03. The predicted molar refractivity (Wildman–Crippen MR) is 151 cm³/mol. The second-order valence-electron chi connectivity index (χ2n) is 10.8. The molecule has 2 aliphatic rings. The van der Waals surface area contributed by atoms with Crippen LogP contribution in [0.15, 0.2) is 42.9 Å². The summed E-state index contributed by atoms with van der Waals surface area (Å²) in [5.74, 6) is 0.674. The molecule has 1 aliphatic carbocycles. The first-order chi connectivity index (χ1) is 19.6. The molecular weight excluding hydrogens is 510 g/mol. The summed E-state index contributed by atoms with van der Waals surface area (Å²) in [5, 5.41) is 49.8. The Labute approximate surface area is 232 Å². The SMILES string of the molecule is CCc1cn[nH]c1[C@@H]1C[C@@H](n2cnc3c(N[C@H](CO)Cc4ccccc4)nc(N[C@@H]4CCNC4)nc32)[C@H](O)[C@@H]1O. The van der Waals surface area contributed by atoms with Crippen LogP contribution in [0.25, 0.3) is 11.2 Å². The highest BCUT2D eigenvalue weighted by Crippen LogP contribution is 2.43. The van der Waals surface area contributed by atoms with Gasteiger partial charge in [0.1, 0.15) is 6.10 Å². The molecule has 1 saturated heterocycles. The number of hydrogen-bond acceptors (Lipinski definition) is 10. The first-order valence-corrected chi connectivity index (χ1v) is 14.1. The molecule has 12 heteroatoms. The lowest BCUT2D eigenvalue weighted by Gasteiger charge is -2.20. The van der Waals surface area contributed by atoms with Crippen LogP contribution in [0.4, 0.5) is 11.8 Å². The molecule has 0 radical (unpaired) electrons. The van der Waals surface area contributed by atoms with Crippen LogP contribution in [0.1, 0.15) is 48.5 Å². The van der Waals surface area contributed by atoms with Gasteiger partial charge in [-0.25, -0.2) is 4.98 Å². The summed E-state index contributed by atoms with van der Waals surface area (Å²) in [6, 6.07) is 9.44. The molecule has 0 bridgehead atoms. The summed E-state index contributed by atoms with van der Waals surface area (Å²) in [4.78, 5) is 14.3. The van der Waals surface area contributed by atoms with E-state index in [2.05, 4.69) is 31.1 Å². The lowest BCUT2D eigenvalue weighted by molar-refractivity contribution is 0.0173. The summed E-state index contributed by atoms with van der Waals surface area (Å²) in [5.41, 5.74) is 4.09. The van der Waals surface area contributed by atoms with Gasteiger partial charge in [-0.1, -0.05) is 37.3 Å². The standard InChI is InChI=1S/C28H37N9O3/c1-2-17-12-31-36-22(17)20-11-21(25(40)24(20)39)37-15-30-23-26(32-19(14-38)10-16-6-4-3-5-7-16)34-28(35-27(23)37)33-18-8-9-29-13-18/h3-7,12,15,18-21,24-25,29,38-40H,2,8-11,13-14H2,1H3,(H,31,36)(H2,32,33,34,35)/t18-,19+,20+,21-,24-,25+/m1/s1. The van der Waals surface area contributed by atoms with Crippen molar-refractivity contribution in [3.63, 3.8) is 0 Å². The molecule has 6 atom stereocenters. The maximum atomic E-state index is 11.2. The Hall–Kier alpha value is -3.58. The van der Waals surface area contributed by atoms with E-state index in [1.807, 2.05) is 41.8 Å². The van der Waals surface area contributed by atoms with Gasteiger partial charge in [0.25, 0.3) is 0 Å². The number of fused-ring (bicyclic) bond motifs is 1. The van der Waals surface area contributed by atoms with Crippen LogP contribution in [-0.4, -0.2) is 89.0 Å². The van der Waals surface area contributed by atoms with Crippen molar-refractivity contribution in [3.8, 4) is 0 Å². The summed E-state index contributed by atoms with van der Waals surface area (Å²) in [6.45, 7) is 3.70. The van der Waals surface area contributed by atoms with E-state index < -0.39 is 18.2 Å². The van der Waals surface area contributed by atoms with Crippen LogP contribution in [0, 0.1) is 0 Å². The first-order valence-electron chi connectivity index (χ1n) is 14.1. The maximum absolute atomic E-state index is 11.2. The van der Waals surface area contributed by atoms with Gasteiger partial charge < -0.3 is 35.8 Å². The summed E-state index contributed by atoms with van der Waals surface area (Å²) in [6.07, 6.45) is 4.31. The van der Waals surface area contributed by atoms with Crippen molar-refractivity contribution in [2.24, 2.45) is 0 Å². The van der Waals surface area contributed by atoms with Gasteiger partial charge in [-0.15, -0.1) is 0 Å². The Morgan fingerprint density at radius 2 is 2.00 bits per heavy atom. The Balaban J connectivity index is 1.35. The van der Waals surface area contributed by atoms with E-state index in [0.29, 0.717) is 35.8 Å². The van der Waals surface area contributed by atoms with Crippen molar-refractivity contribution in [2.45, 2.75) is 68.9 Å². The second-order valence-corrected chi connectivity index (χ2v) is 10.8. The number of benzene rings is 1. The third-order valence-corrected chi connectivity index (χ3v) is 8.21. The lowest BCUT2D eigenvalue weighted by Crippen LogP contribution is -2.29. The number of aliphatic hydroxyl groups excluding tert-OH is 3. The molecular formula is C28H37N9O3. The van der Waals surface area contributed by atoms with Crippen molar-refractivity contribution in [3.05, 3.63) is 59.7 Å². The number of H-pyrrole nitrogens is 1. The van der Waals surface area contributed by atoms with Gasteiger partial charge in [0.2, 0.25) is 5.95 Å². The van der Waals surface area contributed by atoms with Gasteiger partial charge in [0.15, 0.2) is 17.0 Å². The molecule has 6 rings (SSSR count). The van der Waals surface area contributed by atoms with Crippen LogP contribution >= 0.6 is 0 Å². The summed E-state index contributed by atoms with van der Waals surface area (Å²) < 4.78 is 1.85. The third kappa shape index (κ3) is 5.15. The molecule has 7 N–H and O–H groups in total. The average molecular weight is 548 g/mol. The topological polar surface area (TPSA) is 169 Å². The smallest absolute Gasteiger partial charge is 0.227 e. The quantitative estimate of drug-likeness (QED) is 0.154. The van der Waals surface area contributed by atoms with E-state index in [4.69, 9.17) is 9.97 Å². The fourth-order valence-electron chi connectivity index (χ4n) is 6.03. The van der Waals surface area contributed by atoms with Crippen molar-refractivity contribution in [1.82, 2.24) is 35.0 Å². The molecule has 12 nitrogen and oxygen atoms in total. The Morgan fingerprint density at radius 3 is 2.75 bits per heavy atom. The number of imidazole rings is 1. The Kier molecular flexibility index (Phi) is 7.65. The summed E-state index contributed by atoms with van der Waals surface area (Å²) >= 11 is 0. The van der Waals surface area contributed by atoms with Crippen molar-refractivity contribution < 1.29 is 15.3 Å². The molecule has 0 amide bonds. The molecule has 1 saturated carbocycles. The van der Waals surface area contributed by atoms with E-state index in [-0.39, 0.29) is 24.6 Å². The molecule has 212 valence electrons. The number of nitrogens with zero attached hydrogens (tertiary/aromatic N) is 5. The summed E-state index contributed by atoms with van der Waals surface area (Å²) in [7, 11) is 0. The fraction of sp³-hybridized carbons (Fsp3) is 0.500. The van der Waals surface area contributed by atoms with Crippen molar-refractivity contribution in [2.75, 3.05) is 30.3 Å². The zero-order valence-corrected chi connectivity index (χ0v) is 22.5. The second kappa shape index (κ2) is 11.5. The van der Waals surface area contributed by atoms with Crippen molar-refractivity contribution in [1.29, 1.82) is 0 Å². The molecule has 4 aromatic rings. The monoisotopic (exact) mass is 547 g/mol. The normalized spacial score (nSPS) is 25.4. The molecule has 1 aromatic carbocycles. The minimum atomic E-state index is -1.01. The highest BCUT2D eigenvalue weighted by molar-refractivity contribution is 5.84. The maximum Gasteiger partial charge on any atom is 0.227 e. The number of aliphatic hydroxyl groups is 3. The Morgan fingerprint density at radius 1 is 1.15 bits per heavy atom. The first kappa shape index (κ1) is 26.6. The van der Waals surface area contributed by atoms with E-state index in [0.717, 1.165) is 42.8 Å². The molecule has 1 aliphatic heterocycles. The number of aryl methyl sites for hydroxylation is 1. The minimum absolute atomic E-state index is 0.0877. The average Bonchev–Trinajstić information content (AvgIpc) is 3.78. The number of nitrogens with one attached hydrogen (secondary N) is 4. The highest BCUT2D eigenvalue weighted by atomic mass is 16.3. The largest absolute Gasteiger partial charge is 0.394 e. The number of hydrogen-bond donors (Lipinski definition) is 7. The zero-order chi connectivity index (χ0) is 27.6. The third-order valence-electron chi connectivity index (χ3n) is 8.21. The van der Waals surface area contributed by atoms with Crippen LogP contribution in [-0.2, 0) is 12.8 Å². The van der Waals surface area contributed by atoms with Gasteiger partial charge in [-0.2, -0.15) is 15.1 Å². The predicted octanol–water partition coefficient (Wildman–Crippen LogP) is 1.35. The zero-order valence-electron chi connectivity index (χ0n) is 22.5. The van der Waals surface area contributed by atoms with E-state index in [1.165, 1.54) is 0 Å².